The summed E-state index contributed by atoms with van der Waals surface area (Å²) in [6.07, 6.45) is 0.559. The summed E-state index contributed by atoms with van der Waals surface area (Å²) >= 11 is 2.72. The van der Waals surface area contributed by atoms with Crippen LogP contribution in [0.25, 0.3) is 0 Å². The van der Waals surface area contributed by atoms with Crippen molar-refractivity contribution < 1.29 is 40.8 Å². The molecule has 0 aliphatic carbocycles. The number of carbonyl (C=O) groups excluding carboxylic acids is 1. The van der Waals surface area contributed by atoms with E-state index in [1.165, 1.54) is 22.7 Å². The molecule has 1 unspecified atom stereocenters. The molecule has 1 fully saturated rings. The van der Waals surface area contributed by atoms with E-state index in [9.17, 15) is 9.90 Å². The quantitative estimate of drug-likeness (QED) is 0.352. The molecule has 2 aromatic heterocycles. The number of para-hydroxylation sites is 1. The maximum Gasteiger partial charge on any atom is 0.349 e. The Labute approximate surface area is 201 Å². The zero-order valence-corrected chi connectivity index (χ0v) is 20.5. The molecule has 1 aromatic carbocycles. The van der Waals surface area contributed by atoms with E-state index in [0.717, 1.165) is 36.3 Å². The Morgan fingerprint density at radius 1 is 1.10 bits per heavy atom. The topological polar surface area (TPSA) is 55.8 Å². The van der Waals surface area contributed by atoms with Crippen LogP contribution in [0.2, 0.25) is 0 Å². The van der Waals surface area contributed by atoms with Gasteiger partial charge in [-0.15, -0.1) is 22.7 Å². The minimum atomic E-state index is -1.75. The minimum Gasteiger partial charge on any atom is -1.00 e. The first-order valence-corrected chi connectivity index (χ1v) is 11.8. The Morgan fingerprint density at radius 3 is 2.32 bits per heavy atom. The summed E-state index contributed by atoms with van der Waals surface area (Å²) in [6.45, 7) is 3.07. The number of likely N-dealkylation sites (tertiary alicyclic amines) is 1. The van der Waals surface area contributed by atoms with Crippen molar-refractivity contribution in [2.45, 2.75) is 18.1 Å². The van der Waals surface area contributed by atoms with E-state index in [4.69, 9.17) is 9.47 Å². The van der Waals surface area contributed by atoms with Gasteiger partial charge in [-0.2, -0.15) is 0 Å². The maximum absolute atomic E-state index is 13.1. The van der Waals surface area contributed by atoms with E-state index >= 15 is 0 Å². The molecule has 3 heterocycles. The molecule has 8 heteroatoms. The Morgan fingerprint density at radius 2 is 1.74 bits per heavy atom. The number of nitrogens with zero attached hydrogens (tertiary/aromatic N) is 1. The van der Waals surface area contributed by atoms with Gasteiger partial charge in [0.2, 0.25) is 5.60 Å². The van der Waals surface area contributed by atoms with Gasteiger partial charge >= 0.3 is 5.97 Å². The van der Waals surface area contributed by atoms with Crippen LogP contribution in [-0.2, 0) is 15.1 Å². The van der Waals surface area contributed by atoms with Crippen LogP contribution in [0, 0.1) is 0 Å². The Balaban J connectivity index is 0.00000272. The average molecular weight is 525 g/mol. The third kappa shape index (κ3) is 5.38. The molecule has 1 aliphatic rings. The van der Waals surface area contributed by atoms with Crippen molar-refractivity contribution in [1.82, 2.24) is 0 Å². The van der Waals surface area contributed by atoms with Crippen LogP contribution in [0.15, 0.2) is 65.4 Å². The zero-order chi connectivity index (χ0) is 21.0. The van der Waals surface area contributed by atoms with Crippen LogP contribution >= 0.6 is 22.7 Å². The van der Waals surface area contributed by atoms with Crippen molar-refractivity contribution in [3.8, 4) is 5.75 Å². The second-order valence-electron chi connectivity index (χ2n) is 7.89. The molecular weight excluding hydrogens is 498 g/mol. The molecule has 5 nitrogen and oxygen atoms in total. The predicted octanol–water partition coefficient (Wildman–Crippen LogP) is 0.891. The Kier molecular flexibility index (Phi) is 7.93. The summed E-state index contributed by atoms with van der Waals surface area (Å²) in [5.74, 6) is 0.273. The molecule has 31 heavy (non-hydrogen) atoms. The first-order chi connectivity index (χ1) is 14.5. The zero-order valence-electron chi connectivity index (χ0n) is 17.3. The summed E-state index contributed by atoms with van der Waals surface area (Å²) in [5.41, 5.74) is -1.75. The summed E-state index contributed by atoms with van der Waals surface area (Å²) in [6, 6.07) is 17.0. The largest absolute Gasteiger partial charge is 1.00 e. The summed E-state index contributed by atoms with van der Waals surface area (Å²) in [4.78, 5) is 14.3. The van der Waals surface area contributed by atoms with Gasteiger partial charge in [0.25, 0.3) is 0 Å². The molecule has 0 amide bonds. The molecule has 166 valence electrons. The van der Waals surface area contributed by atoms with Gasteiger partial charge in [0.15, 0.2) is 6.10 Å². The fraction of sp³-hybridized carbons (Fsp3) is 0.348. The van der Waals surface area contributed by atoms with Gasteiger partial charge < -0.3 is 36.0 Å². The number of aliphatic hydroxyl groups is 1. The van der Waals surface area contributed by atoms with Gasteiger partial charge in [0, 0.05) is 6.42 Å². The van der Waals surface area contributed by atoms with Gasteiger partial charge in [-0.1, -0.05) is 30.3 Å². The van der Waals surface area contributed by atoms with E-state index in [1.54, 1.807) is 12.1 Å². The molecule has 4 rings (SSSR count). The van der Waals surface area contributed by atoms with Crippen molar-refractivity contribution in [3.63, 3.8) is 0 Å². The third-order valence-corrected chi connectivity index (χ3v) is 7.56. The normalized spacial score (nSPS) is 20.8. The van der Waals surface area contributed by atoms with Crippen molar-refractivity contribution in [2.24, 2.45) is 0 Å². The number of esters is 1. The first-order valence-electron chi connectivity index (χ1n) is 10.0. The second-order valence-corrected chi connectivity index (χ2v) is 9.79. The van der Waals surface area contributed by atoms with Crippen LogP contribution in [0.1, 0.15) is 16.2 Å². The summed E-state index contributed by atoms with van der Waals surface area (Å²) in [5, 5.41) is 15.1. The SMILES string of the molecule is C[N+]1(CCOc2ccccc2)CC[C@H](OC(=O)C(O)(c2cccs2)c2cccs2)C1.[Br-]. The summed E-state index contributed by atoms with van der Waals surface area (Å²) in [7, 11) is 2.16. The third-order valence-electron chi connectivity index (χ3n) is 5.60. The van der Waals surface area contributed by atoms with Crippen molar-refractivity contribution >= 4 is 28.6 Å². The van der Waals surface area contributed by atoms with E-state index in [2.05, 4.69) is 7.05 Å². The second kappa shape index (κ2) is 10.3. The molecule has 1 aliphatic heterocycles. The molecule has 1 N–H and O–H groups in total. The minimum absolute atomic E-state index is 0. The van der Waals surface area contributed by atoms with Crippen molar-refractivity contribution in [3.05, 3.63) is 75.1 Å². The van der Waals surface area contributed by atoms with E-state index in [1.807, 2.05) is 53.2 Å². The number of carbonyl (C=O) groups is 1. The highest BCUT2D eigenvalue weighted by molar-refractivity contribution is 7.12. The molecule has 2 atom stereocenters. The first kappa shape index (κ1) is 23.9. The van der Waals surface area contributed by atoms with Gasteiger partial charge in [-0.05, 0) is 35.0 Å². The highest BCUT2D eigenvalue weighted by Gasteiger charge is 2.46. The summed E-state index contributed by atoms with van der Waals surface area (Å²) < 4.78 is 12.5. The highest BCUT2D eigenvalue weighted by Crippen LogP contribution is 2.37. The van der Waals surface area contributed by atoms with Crippen LogP contribution in [0.3, 0.4) is 0 Å². The number of rotatable bonds is 8. The van der Waals surface area contributed by atoms with E-state index in [-0.39, 0.29) is 23.1 Å². The molecule has 0 bridgehead atoms. The number of ether oxygens (including phenoxy) is 2. The van der Waals surface area contributed by atoms with Crippen LogP contribution in [-0.4, -0.2) is 55.0 Å². The number of likely N-dealkylation sites (N-methyl/N-ethyl adjacent to an activating group) is 1. The average Bonchev–Trinajstić information content (AvgIpc) is 3.51. The van der Waals surface area contributed by atoms with Gasteiger partial charge in [0.05, 0.1) is 23.3 Å². The monoisotopic (exact) mass is 523 g/mol. The van der Waals surface area contributed by atoms with Gasteiger partial charge in [0.1, 0.15) is 25.4 Å². The number of quaternary nitrogens is 1. The standard InChI is InChI=1S/C23H26NO4S2.BrH/c1-24(13-14-27-18-7-3-2-4-8-18)12-11-19(17-24)28-22(25)23(26,20-9-5-15-29-20)21-10-6-16-30-21;/h2-10,15-16,19,26H,11-14,17H2,1H3;1H/q+1;/p-1/t19-,24?;/m0./s1. The molecule has 0 radical (unpaired) electrons. The fourth-order valence-corrected chi connectivity index (χ4v) is 5.57. The number of thiophene rings is 2. The lowest BCUT2D eigenvalue weighted by Gasteiger charge is -2.30. The fourth-order valence-electron chi connectivity index (χ4n) is 3.86. The maximum atomic E-state index is 13.1. The predicted molar refractivity (Wildman–Crippen MR) is 119 cm³/mol. The number of halogens is 1. The molecule has 0 spiro atoms. The van der Waals surface area contributed by atoms with Crippen LogP contribution in [0.4, 0.5) is 0 Å². The number of hydrogen-bond acceptors (Lipinski definition) is 6. The lowest BCUT2D eigenvalue weighted by atomic mass is 10.00. The number of benzene rings is 1. The Hall–Kier alpha value is -1.71. The van der Waals surface area contributed by atoms with E-state index < -0.39 is 11.6 Å². The Bertz CT molecular complexity index is 915. The smallest absolute Gasteiger partial charge is 0.349 e. The van der Waals surface area contributed by atoms with Gasteiger partial charge in [-0.25, -0.2) is 4.79 Å². The molecule has 0 saturated carbocycles. The lowest BCUT2D eigenvalue weighted by Crippen LogP contribution is -3.00. The highest BCUT2D eigenvalue weighted by atomic mass is 79.9. The molecular formula is C23H26BrNO4S2. The van der Waals surface area contributed by atoms with Crippen molar-refractivity contribution in [1.29, 1.82) is 0 Å². The lowest BCUT2D eigenvalue weighted by molar-refractivity contribution is -0.898. The number of hydrogen-bond donors (Lipinski definition) is 1. The molecule has 3 aromatic rings. The van der Waals surface area contributed by atoms with Gasteiger partial charge in [-0.3, -0.25) is 0 Å². The van der Waals surface area contributed by atoms with Crippen molar-refractivity contribution in [2.75, 3.05) is 33.3 Å². The molecule has 1 saturated heterocycles. The van der Waals surface area contributed by atoms with Crippen LogP contribution < -0.4 is 21.7 Å². The van der Waals surface area contributed by atoms with Crippen LogP contribution in [0.5, 0.6) is 5.75 Å². The van der Waals surface area contributed by atoms with E-state index in [0.29, 0.717) is 16.4 Å².